The molecule has 1 atom stereocenters. The third kappa shape index (κ3) is 3.03. The Morgan fingerprint density at radius 1 is 1.44 bits per heavy atom. The zero-order chi connectivity index (χ0) is 13.0. The standard InChI is InChI=1S/C15H20O3/c1-3-13-7-6-12-9-11(5-8-14(12)18-13)10-15(16)17-4-2/h5,8-9,13H,3-4,6-7,10H2,1-2H3. The molecule has 0 N–H and O–H groups in total. The molecule has 0 radical (unpaired) electrons. The topological polar surface area (TPSA) is 35.5 Å². The normalized spacial score (nSPS) is 17.8. The first kappa shape index (κ1) is 12.9. The Hall–Kier alpha value is -1.51. The van der Waals surface area contributed by atoms with Gasteiger partial charge in [0, 0.05) is 0 Å². The summed E-state index contributed by atoms with van der Waals surface area (Å²) in [6, 6.07) is 6.00. The highest BCUT2D eigenvalue weighted by Crippen LogP contribution is 2.29. The van der Waals surface area contributed by atoms with Gasteiger partial charge in [-0.15, -0.1) is 0 Å². The summed E-state index contributed by atoms with van der Waals surface area (Å²) >= 11 is 0. The molecule has 1 aromatic rings. The van der Waals surface area contributed by atoms with Gasteiger partial charge in [0.2, 0.25) is 0 Å². The average Bonchev–Trinajstić information content (AvgIpc) is 2.38. The molecule has 0 saturated heterocycles. The molecule has 0 spiro atoms. The SMILES string of the molecule is CCOC(=O)Cc1ccc2c(c1)CCC(CC)O2. The molecule has 0 fully saturated rings. The van der Waals surface area contributed by atoms with Crippen molar-refractivity contribution in [1.82, 2.24) is 0 Å². The molecule has 1 aliphatic heterocycles. The highest BCUT2D eigenvalue weighted by atomic mass is 16.5. The van der Waals surface area contributed by atoms with Gasteiger partial charge in [0.25, 0.3) is 0 Å². The van der Waals surface area contributed by atoms with Crippen molar-refractivity contribution < 1.29 is 14.3 Å². The van der Waals surface area contributed by atoms with Crippen molar-refractivity contribution in [3.8, 4) is 5.75 Å². The Morgan fingerprint density at radius 2 is 2.28 bits per heavy atom. The summed E-state index contributed by atoms with van der Waals surface area (Å²) in [5, 5.41) is 0. The molecule has 1 aliphatic rings. The van der Waals surface area contributed by atoms with E-state index in [4.69, 9.17) is 9.47 Å². The van der Waals surface area contributed by atoms with E-state index in [0.717, 1.165) is 30.6 Å². The van der Waals surface area contributed by atoms with Crippen molar-refractivity contribution in [2.45, 2.75) is 45.6 Å². The second-order valence-corrected chi connectivity index (χ2v) is 4.61. The van der Waals surface area contributed by atoms with Crippen LogP contribution in [0.1, 0.15) is 37.8 Å². The van der Waals surface area contributed by atoms with E-state index in [1.807, 2.05) is 19.1 Å². The lowest BCUT2D eigenvalue weighted by Crippen LogP contribution is -2.21. The van der Waals surface area contributed by atoms with E-state index in [2.05, 4.69) is 13.0 Å². The Balaban J connectivity index is 2.06. The van der Waals surface area contributed by atoms with Crippen LogP contribution in [0, 0.1) is 0 Å². The zero-order valence-electron chi connectivity index (χ0n) is 11.1. The molecule has 1 aromatic carbocycles. The molecule has 1 heterocycles. The van der Waals surface area contributed by atoms with Gasteiger partial charge in [-0.2, -0.15) is 0 Å². The quantitative estimate of drug-likeness (QED) is 0.769. The van der Waals surface area contributed by atoms with Crippen molar-refractivity contribution in [2.75, 3.05) is 6.61 Å². The maximum atomic E-state index is 11.4. The lowest BCUT2D eigenvalue weighted by molar-refractivity contribution is -0.142. The molecule has 98 valence electrons. The van der Waals surface area contributed by atoms with Crippen LogP contribution in [0.4, 0.5) is 0 Å². The highest BCUT2D eigenvalue weighted by molar-refractivity contribution is 5.72. The lowest BCUT2D eigenvalue weighted by atomic mass is 9.98. The van der Waals surface area contributed by atoms with E-state index in [-0.39, 0.29) is 5.97 Å². The van der Waals surface area contributed by atoms with Gasteiger partial charge in [-0.3, -0.25) is 4.79 Å². The summed E-state index contributed by atoms with van der Waals surface area (Å²) in [6.07, 6.45) is 3.83. The average molecular weight is 248 g/mol. The van der Waals surface area contributed by atoms with E-state index in [1.165, 1.54) is 5.56 Å². The van der Waals surface area contributed by atoms with Crippen molar-refractivity contribution in [1.29, 1.82) is 0 Å². The van der Waals surface area contributed by atoms with Crippen LogP contribution in [0.15, 0.2) is 18.2 Å². The third-order valence-electron chi connectivity index (χ3n) is 3.26. The minimum atomic E-state index is -0.166. The van der Waals surface area contributed by atoms with Crippen LogP contribution in [0.2, 0.25) is 0 Å². The van der Waals surface area contributed by atoms with Crippen LogP contribution in [0.5, 0.6) is 5.75 Å². The lowest BCUT2D eigenvalue weighted by Gasteiger charge is -2.25. The Bertz CT molecular complexity index is 426. The summed E-state index contributed by atoms with van der Waals surface area (Å²) in [5.41, 5.74) is 2.22. The van der Waals surface area contributed by atoms with Crippen LogP contribution in [0.25, 0.3) is 0 Å². The fraction of sp³-hybridized carbons (Fsp3) is 0.533. The molecule has 1 unspecified atom stereocenters. The number of hydrogen-bond acceptors (Lipinski definition) is 3. The fourth-order valence-corrected chi connectivity index (χ4v) is 2.27. The monoisotopic (exact) mass is 248 g/mol. The van der Waals surface area contributed by atoms with Crippen LogP contribution >= 0.6 is 0 Å². The summed E-state index contributed by atoms with van der Waals surface area (Å²) in [4.78, 5) is 11.4. The molecule has 3 heteroatoms. The molecule has 3 nitrogen and oxygen atoms in total. The second-order valence-electron chi connectivity index (χ2n) is 4.61. The molecule has 2 rings (SSSR count). The number of benzene rings is 1. The smallest absolute Gasteiger partial charge is 0.310 e. The highest BCUT2D eigenvalue weighted by Gasteiger charge is 2.18. The summed E-state index contributed by atoms with van der Waals surface area (Å²) in [5.74, 6) is 0.807. The predicted molar refractivity (Wildman–Crippen MR) is 69.8 cm³/mol. The summed E-state index contributed by atoms with van der Waals surface area (Å²) < 4.78 is 10.8. The maximum absolute atomic E-state index is 11.4. The first-order chi connectivity index (χ1) is 8.72. The van der Waals surface area contributed by atoms with Gasteiger partial charge in [0.1, 0.15) is 5.75 Å². The minimum Gasteiger partial charge on any atom is -0.490 e. The summed E-state index contributed by atoms with van der Waals surface area (Å²) in [7, 11) is 0. The number of rotatable bonds is 4. The van der Waals surface area contributed by atoms with Gasteiger partial charge in [0.05, 0.1) is 19.1 Å². The fourth-order valence-electron chi connectivity index (χ4n) is 2.27. The van der Waals surface area contributed by atoms with Gasteiger partial charge < -0.3 is 9.47 Å². The number of hydrogen-bond donors (Lipinski definition) is 0. The summed E-state index contributed by atoms with van der Waals surface area (Å²) in [6.45, 7) is 4.40. The predicted octanol–water partition coefficient (Wildman–Crippen LogP) is 2.90. The molecule has 18 heavy (non-hydrogen) atoms. The van der Waals surface area contributed by atoms with Crippen LogP contribution in [-0.4, -0.2) is 18.7 Å². The van der Waals surface area contributed by atoms with Crippen molar-refractivity contribution in [3.05, 3.63) is 29.3 Å². The van der Waals surface area contributed by atoms with E-state index in [1.54, 1.807) is 0 Å². The Labute approximate surface area is 108 Å². The van der Waals surface area contributed by atoms with E-state index in [9.17, 15) is 4.79 Å². The molecule has 0 saturated carbocycles. The Kier molecular flexibility index (Phi) is 4.24. The second kappa shape index (κ2) is 5.89. The maximum Gasteiger partial charge on any atom is 0.310 e. The first-order valence-corrected chi connectivity index (χ1v) is 6.67. The number of carbonyl (C=O) groups is 1. The molecular formula is C15H20O3. The largest absolute Gasteiger partial charge is 0.490 e. The zero-order valence-corrected chi connectivity index (χ0v) is 11.1. The van der Waals surface area contributed by atoms with Gasteiger partial charge >= 0.3 is 5.97 Å². The van der Waals surface area contributed by atoms with E-state index in [0.29, 0.717) is 19.1 Å². The molecular weight excluding hydrogens is 228 g/mol. The molecule has 0 aromatic heterocycles. The molecule has 0 aliphatic carbocycles. The number of fused-ring (bicyclic) bond motifs is 1. The third-order valence-corrected chi connectivity index (χ3v) is 3.26. The van der Waals surface area contributed by atoms with Gasteiger partial charge in [-0.1, -0.05) is 19.1 Å². The van der Waals surface area contributed by atoms with Gasteiger partial charge in [0.15, 0.2) is 0 Å². The van der Waals surface area contributed by atoms with Crippen molar-refractivity contribution in [2.24, 2.45) is 0 Å². The number of esters is 1. The van der Waals surface area contributed by atoms with E-state index >= 15 is 0 Å². The van der Waals surface area contributed by atoms with Gasteiger partial charge in [-0.25, -0.2) is 0 Å². The first-order valence-electron chi connectivity index (χ1n) is 6.67. The van der Waals surface area contributed by atoms with Crippen LogP contribution in [0.3, 0.4) is 0 Å². The Morgan fingerprint density at radius 3 is 3.00 bits per heavy atom. The number of aryl methyl sites for hydroxylation is 1. The molecule has 0 bridgehead atoms. The molecule has 0 amide bonds. The minimum absolute atomic E-state index is 0.166. The number of carbonyl (C=O) groups excluding carboxylic acids is 1. The van der Waals surface area contributed by atoms with Crippen molar-refractivity contribution >= 4 is 5.97 Å². The van der Waals surface area contributed by atoms with Gasteiger partial charge in [-0.05, 0) is 43.4 Å². The van der Waals surface area contributed by atoms with Crippen LogP contribution in [-0.2, 0) is 22.4 Å². The number of ether oxygens (including phenoxy) is 2. The van der Waals surface area contributed by atoms with E-state index < -0.39 is 0 Å². The van der Waals surface area contributed by atoms with Crippen LogP contribution < -0.4 is 4.74 Å². The van der Waals surface area contributed by atoms with Crippen molar-refractivity contribution in [3.63, 3.8) is 0 Å².